The SMILES string of the molecule is CSc1ccc(C(=O)CCC(=O)O[C@H](C)C(=O)NC2CCCCC2)cc1. The van der Waals surface area contributed by atoms with Crippen LogP contribution in [-0.4, -0.2) is 36.1 Å². The highest BCUT2D eigenvalue weighted by Crippen LogP contribution is 2.18. The molecule has 0 saturated heterocycles. The Morgan fingerprint density at radius 2 is 1.77 bits per heavy atom. The van der Waals surface area contributed by atoms with E-state index in [0.717, 1.165) is 30.6 Å². The Labute approximate surface area is 159 Å². The maximum atomic E-state index is 12.1. The second-order valence-electron chi connectivity index (χ2n) is 6.63. The van der Waals surface area contributed by atoms with Crippen LogP contribution in [0.4, 0.5) is 0 Å². The molecule has 1 aromatic carbocycles. The Bertz CT molecular complexity index is 623. The molecule has 0 radical (unpaired) electrons. The number of hydrogen-bond acceptors (Lipinski definition) is 5. The van der Waals surface area contributed by atoms with Gasteiger partial charge >= 0.3 is 5.97 Å². The van der Waals surface area contributed by atoms with Crippen LogP contribution in [0.15, 0.2) is 29.2 Å². The lowest BCUT2D eigenvalue weighted by Crippen LogP contribution is -2.42. The van der Waals surface area contributed by atoms with Crippen molar-refractivity contribution in [1.29, 1.82) is 0 Å². The van der Waals surface area contributed by atoms with Crippen molar-refractivity contribution in [3.05, 3.63) is 29.8 Å². The van der Waals surface area contributed by atoms with E-state index in [1.54, 1.807) is 30.8 Å². The molecular weight excluding hydrogens is 350 g/mol. The summed E-state index contributed by atoms with van der Waals surface area (Å²) in [4.78, 5) is 37.3. The van der Waals surface area contributed by atoms with Crippen LogP contribution >= 0.6 is 11.8 Å². The Balaban J connectivity index is 1.72. The number of amides is 1. The van der Waals surface area contributed by atoms with E-state index in [9.17, 15) is 14.4 Å². The van der Waals surface area contributed by atoms with Gasteiger partial charge in [0.1, 0.15) is 0 Å². The number of esters is 1. The molecule has 1 N–H and O–H groups in total. The Morgan fingerprint density at radius 3 is 2.38 bits per heavy atom. The standard InChI is InChI=1S/C20H27NO4S/c1-14(20(24)21-16-6-4-3-5-7-16)25-19(23)13-12-18(22)15-8-10-17(26-2)11-9-15/h8-11,14,16H,3-7,12-13H2,1-2H3,(H,21,24)/t14-/m1/s1. The first-order valence-corrected chi connectivity index (χ1v) is 10.4. The van der Waals surface area contributed by atoms with Gasteiger partial charge in [0.2, 0.25) is 0 Å². The third-order valence-electron chi connectivity index (χ3n) is 4.60. The van der Waals surface area contributed by atoms with Gasteiger partial charge in [0.15, 0.2) is 11.9 Å². The largest absolute Gasteiger partial charge is 0.453 e. The highest BCUT2D eigenvalue weighted by atomic mass is 32.2. The van der Waals surface area contributed by atoms with Crippen LogP contribution in [0.2, 0.25) is 0 Å². The quantitative estimate of drug-likeness (QED) is 0.424. The summed E-state index contributed by atoms with van der Waals surface area (Å²) < 4.78 is 5.17. The van der Waals surface area contributed by atoms with E-state index in [-0.39, 0.29) is 30.6 Å². The maximum Gasteiger partial charge on any atom is 0.307 e. The minimum absolute atomic E-state index is 0.0236. The number of nitrogens with one attached hydrogen (secondary N) is 1. The second kappa shape index (κ2) is 10.4. The number of ketones is 1. The van der Waals surface area contributed by atoms with Crippen molar-refractivity contribution >= 4 is 29.4 Å². The molecule has 26 heavy (non-hydrogen) atoms. The summed E-state index contributed by atoms with van der Waals surface area (Å²) in [5.41, 5.74) is 0.582. The average molecular weight is 378 g/mol. The van der Waals surface area contributed by atoms with Gasteiger partial charge in [-0.15, -0.1) is 11.8 Å². The molecule has 1 fully saturated rings. The molecule has 0 aliphatic heterocycles. The van der Waals surface area contributed by atoms with Crippen LogP contribution < -0.4 is 5.32 Å². The van der Waals surface area contributed by atoms with Crippen molar-refractivity contribution in [2.45, 2.75) is 68.9 Å². The molecule has 1 aromatic rings. The van der Waals surface area contributed by atoms with Crippen molar-refractivity contribution in [3.63, 3.8) is 0 Å². The number of carbonyl (C=O) groups is 3. The highest BCUT2D eigenvalue weighted by molar-refractivity contribution is 7.98. The predicted molar refractivity (Wildman–Crippen MR) is 102 cm³/mol. The lowest BCUT2D eigenvalue weighted by molar-refractivity contribution is -0.155. The van der Waals surface area contributed by atoms with E-state index in [1.807, 2.05) is 18.4 Å². The van der Waals surface area contributed by atoms with E-state index in [0.29, 0.717) is 5.56 Å². The fourth-order valence-corrected chi connectivity index (χ4v) is 3.42. The summed E-state index contributed by atoms with van der Waals surface area (Å²) in [5.74, 6) is -0.886. The molecule has 1 amide bonds. The molecule has 1 saturated carbocycles. The first-order valence-electron chi connectivity index (χ1n) is 9.16. The van der Waals surface area contributed by atoms with Crippen LogP contribution in [0.5, 0.6) is 0 Å². The molecule has 5 nitrogen and oxygen atoms in total. The molecule has 1 aliphatic carbocycles. The number of ether oxygens (including phenoxy) is 1. The Morgan fingerprint density at radius 1 is 1.12 bits per heavy atom. The predicted octanol–water partition coefficient (Wildman–Crippen LogP) is 3.75. The third-order valence-corrected chi connectivity index (χ3v) is 5.34. The number of thioether (sulfide) groups is 1. The zero-order chi connectivity index (χ0) is 18.9. The summed E-state index contributed by atoms with van der Waals surface area (Å²) in [5, 5.41) is 2.94. The fraction of sp³-hybridized carbons (Fsp3) is 0.550. The Kier molecular flexibility index (Phi) is 8.16. The first kappa shape index (κ1) is 20.5. The lowest BCUT2D eigenvalue weighted by atomic mass is 9.95. The van der Waals surface area contributed by atoms with Crippen LogP contribution in [-0.2, 0) is 14.3 Å². The van der Waals surface area contributed by atoms with E-state index in [1.165, 1.54) is 6.42 Å². The second-order valence-corrected chi connectivity index (χ2v) is 7.51. The van der Waals surface area contributed by atoms with Crippen molar-refractivity contribution in [1.82, 2.24) is 5.32 Å². The van der Waals surface area contributed by atoms with Crippen LogP contribution in [0.25, 0.3) is 0 Å². The summed E-state index contributed by atoms with van der Waals surface area (Å²) >= 11 is 1.61. The normalized spacial score (nSPS) is 15.9. The topological polar surface area (TPSA) is 72.5 Å². The third kappa shape index (κ3) is 6.48. The average Bonchev–Trinajstić information content (AvgIpc) is 2.67. The van der Waals surface area contributed by atoms with Gasteiger partial charge < -0.3 is 10.1 Å². The van der Waals surface area contributed by atoms with Crippen LogP contribution in [0, 0.1) is 0 Å². The number of hydrogen-bond donors (Lipinski definition) is 1. The summed E-state index contributed by atoms with van der Waals surface area (Å²) in [6.07, 6.45) is 6.62. The molecule has 0 unspecified atom stereocenters. The molecule has 1 aliphatic rings. The van der Waals surface area contributed by atoms with E-state index in [2.05, 4.69) is 5.32 Å². The Hall–Kier alpha value is -1.82. The molecule has 6 heteroatoms. The van der Waals surface area contributed by atoms with E-state index < -0.39 is 12.1 Å². The van der Waals surface area contributed by atoms with Crippen molar-refractivity contribution in [2.75, 3.05) is 6.26 Å². The molecule has 142 valence electrons. The van der Waals surface area contributed by atoms with E-state index in [4.69, 9.17) is 4.74 Å². The van der Waals surface area contributed by atoms with Gasteiger partial charge in [-0.1, -0.05) is 31.4 Å². The van der Waals surface area contributed by atoms with Crippen molar-refractivity contribution < 1.29 is 19.1 Å². The van der Waals surface area contributed by atoms with Gasteiger partial charge in [0.05, 0.1) is 6.42 Å². The molecule has 0 aromatic heterocycles. The summed E-state index contributed by atoms with van der Waals surface area (Å²) in [6.45, 7) is 1.57. The molecule has 2 rings (SSSR count). The van der Waals surface area contributed by atoms with Gasteiger partial charge in [0, 0.05) is 22.9 Å². The molecular formula is C20H27NO4S. The lowest BCUT2D eigenvalue weighted by Gasteiger charge is -2.24. The maximum absolute atomic E-state index is 12.1. The van der Waals surface area contributed by atoms with Crippen molar-refractivity contribution in [3.8, 4) is 0 Å². The summed E-state index contributed by atoms with van der Waals surface area (Å²) in [7, 11) is 0. The number of benzene rings is 1. The fourth-order valence-electron chi connectivity index (χ4n) is 3.01. The van der Waals surface area contributed by atoms with Crippen LogP contribution in [0.1, 0.15) is 62.2 Å². The minimum Gasteiger partial charge on any atom is -0.453 e. The van der Waals surface area contributed by atoms with Gasteiger partial charge in [-0.25, -0.2) is 0 Å². The van der Waals surface area contributed by atoms with Gasteiger partial charge in [-0.05, 0) is 38.2 Å². The number of carbonyl (C=O) groups excluding carboxylic acids is 3. The van der Waals surface area contributed by atoms with E-state index >= 15 is 0 Å². The van der Waals surface area contributed by atoms with Crippen LogP contribution in [0.3, 0.4) is 0 Å². The number of Topliss-reactive ketones (excluding diaryl/α,β-unsaturated/α-hetero) is 1. The number of rotatable bonds is 8. The molecule has 0 heterocycles. The minimum atomic E-state index is -0.833. The molecule has 1 atom stereocenters. The smallest absolute Gasteiger partial charge is 0.307 e. The monoisotopic (exact) mass is 377 g/mol. The van der Waals surface area contributed by atoms with Crippen molar-refractivity contribution in [2.24, 2.45) is 0 Å². The van der Waals surface area contributed by atoms with Gasteiger partial charge in [-0.2, -0.15) is 0 Å². The zero-order valence-electron chi connectivity index (χ0n) is 15.5. The first-order chi connectivity index (χ1) is 12.5. The zero-order valence-corrected chi connectivity index (χ0v) is 16.3. The van der Waals surface area contributed by atoms with Gasteiger partial charge in [0.25, 0.3) is 5.91 Å². The van der Waals surface area contributed by atoms with Gasteiger partial charge in [-0.3, -0.25) is 14.4 Å². The molecule has 0 spiro atoms. The molecule has 0 bridgehead atoms. The highest BCUT2D eigenvalue weighted by Gasteiger charge is 2.22. The summed E-state index contributed by atoms with van der Waals surface area (Å²) in [6, 6.07) is 7.48.